The van der Waals surface area contributed by atoms with Crippen molar-refractivity contribution in [3.8, 4) is 16.9 Å². The van der Waals surface area contributed by atoms with Crippen LogP contribution in [-0.4, -0.2) is 27.0 Å². The van der Waals surface area contributed by atoms with Crippen LogP contribution in [0.4, 0.5) is 13.2 Å². The van der Waals surface area contributed by atoms with E-state index in [2.05, 4.69) is 31.9 Å². The Balaban J connectivity index is 2.67. The van der Waals surface area contributed by atoms with Gasteiger partial charge in [-0.2, -0.15) is 13.2 Å². The van der Waals surface area contributed by atoms with Crippen molar-refractivity contribution in [2.75, 3.05) is 21.0 Å². The first-order valence-corrected chi connectivity index (χ1v) is 9.36. The fourth-order valence-corrected chi connectivity index (χ4v) is 2.91. The van der Waals surface area contributed by atoms with Crippen molar-refractivity contribution in [2.45, 2.75) is 9.91 Å². The number of methoxy groups -OCH3 is 2. The van der Waals surface area contributed by atoms with E-state index in [1.165, 1.54) is 26.4 Å². The average Bonchev–Trinajstić information content (AvgIpc) is 2.64. The van der Waals surface area contributed by atoms with Crippen molar-refractivity contribution in [1.29, 1.82) is 0 Å². The highest BCUT2D eigenvalue weighted by atomic mass is 79.9. The van der Waals surface area contributed by atoms with Gasteiger partial charge >= 0.3 is 12.1 Å². The molecule has 146 valence electrons. The number of hydrogen-bond donors (Lipinski definition) is 0. The minimum absolute atomic E-state index is 0.0960. The Kier molecular flexibility index (Phi) is 7.30. The van der Waals surface area contributed by atoms with Crippen LogP contribution in [0, 0.1) is 0 Å². The van der Waals surface area contributed by atoms with Crippen LogP contribution in [0.1, 0.15) is 25.2 Å². The van der Waals surface area contributed by atoms with Crippen LogP contribution >= 0.6 is 31.9 Å². The molecular weight excluding hydrogens is 497 g/mol. The molecule has 0 aliphatic carbocycles. The molecule has 0 fully saturated rings. The zero-order valence-corrected chi connectivity index (χ0v) is 17.4. The molecule has 0 spiro atoms. The normalized spacial score (nSPS) is 11.6. The molecule has 27 heavy (non-hydrogen) atoms. The van der Waals surface area contributed by atoms with E-state index in [1.54, 1.807) is 12.1 Å². The largest absolute Gasteiger partial charge is 0.467 e. The third kappa shape index (κ3) is 5.24. The lowest BCUT2D eigenvalue weighted by Crippen LogP contribution is -2.10. The summed E-state index contributed by atoms with van der Waals surface area (Å²) in [4.78, 5) is 12.4. The van der Waals surface area contributed by atoms with Crippen LogP contribution in [0.3, 0.4) is 0 Å². The number of hydrogen-bond acceptors (Lipinski definition) is 4. The molecule has 0 unspecified atom stereocenters. The number of esters is 1. The molecule has 0 bridgehead atoms. The van der Waals surface area contributed by atoms with Crippen molar-refractivity contribution in [3.63, 3.8) is 0 Å². The van der Waals surface area contributed by atoms with Crippen LogP contribution in [0.2, 0.25) is 0 Å². The Morgan fingerprint density at radius 1 is 1.11 bits per heavy atom. The van der Waals surface area contributed by atoms with Gasteiger partial charge < -0.3 is 14.2 Å². The predicted octanol–water partition coefficient (Wildman–Crippen LogP) is 5.93. The lowest BCUT2D eigenvalue weighted by Gasteiger charge is -2.17. The minimum atomic E-state index is -4.45. The van der Waals surface area contributed by atoms with Crippen LogP contribution in [0.15, 0.2) is 36.4 Å². The number of halogens is 5. The first-order chi connectivity index (χ1) is 12.7. The monoisotopic (exact) mass is 510 g/mol. The minimum Gasteiger partial charge on any atom is -0.467 e. The van der Waals surface area contributed by atoms with E-state index >= 15 is 0 Å². The molecule has 0 amide bonds. The molecule has 2 aromatic carbocycles. The summed E-state index contributed by atoms with van der Waals surface area (Å²) in [6.45, 7) is -0.116. The van der Waals surface area contributed by atoms with Crippen LogP contribution in [-0.2, 0) is 15.7 Å². The smallest absolute Gasteiger partial charge is 0.416 e. The summed E-state index contributed by atoms with van der Waals surface area (Å²) in [5.41, 5.74) is 0.801. The molecule has 4 nitrogen and oxygen atoms in total. The highest BCUT2D eigenvalue weighted by Crippen LogP contribution is 2.40. The first-order valence-electron chi connectivity index (χ1n) is 7.52. The number of benzene rings is 2. The van der Waals surface area contributed by atoms with Gasteiger partial charge in [-0.05, 0) is 35.4 Å². The predicted molar refractivity (Wildman–Crippen MR) is 101 cm³/mol. The third-order valence-corrected chi connectivity index (χ3v) is 4.68. The van der Waals surface area contributed by atoms with Gasteiger partial charge in [-0.3, -0.25) is 0 Å². The molecule has 0 aromatic heterocycles. The molecule has 2 rings (SSSR count). The number of ether oxygens (including phenoxy) is 3. The van der Waals surface area contributed by atoms with E-state index in [1.807, 2.05) is 0 Å². The maximum Gasteiger partial charge on any atom is 0.416 e. The number of carbonyl (C=O) groups is 1. The molecule has 9 heteroatoms. The zero-order chi connectivity index (χ0) is 20.2. The Labute approximate surface area is 170 Å². The maximum absolute atomic E-state index is 12.8. The fraction of sp³-hybridized carbons (Fsp3) is 0.278. The molecule has 0 N–H and O–H groups in total. The van der Waals surface area contributed by atoms with Crippen LogP contribution in [0.5, 0.6) is 5.75 Å². The van der Waals surface area contributed by atoms with Crippen molar-refractivity contribution in [1.82, 2.24) is 0 Å². The van der Waals surface area contributed by atoms with E-state index in [-0.39, 0.29) is 21.8 Å². The summed E-state index contributed by atoms with van der Waals surface area (Å²) in [7, 11) is 2.64. The number of carbonyl (C=O) groups excluding carboxylic acids is 1. The van der Waals surface area contributed by atoms with Gasteiger partial charge in [-0.15, -0.1) is 0 Å². The van der Waals surface area contributed by atoms with E-state index in [9.17, 15) is 18.0 Å². The second kappa shape index (κ2) is 9.07. The molecule has 0 saturated heterocycles. The van der Waals surface area contributed by atoms with E-state index in [0.717, 1.165) is 12.1 Å². The molecule has 0 saturated carbocycles. The highest BCUT2D eigenvalue weighted by Gasteiger charge is 2.30. The van der Waals surface area contributed by atoms with Crippen LogP contribution < -0.4 is 4.74 Å². The lowest BCUT2D eigenvalue weighted by molar-refractivity contribution is -0.137. The van der Waals surface area contributed by atoms with Gasteiger partial charge in [0, 0.05) is 12.7 Å². The van der Waals surface area contributed by atoms with Gasteiger partial charge in [0.2, 0.25) is 0 Å². The lowest BCUT2D eigenvalue weighted by atomic mass is 9.95. The molecule has 2 aromatic rings. The Morgan fingerprint density at radius 2 is 1.74 bits per heavy atom. The topological polar surface area (TPSA) is 44.8 Å². The molecular formula is C18H15Br2F3O4. The standard InChI is InChI=1S/C18H15Br2F3O4/c1-25-9-27-14-8-11(16(19)20)7-13(15(14)17(24)26-2)10-3-5-12(6-4-10)18(21,22)23/h3-8,16H,9H2,1-2H3. The number of alkyl halides is 5. The quantitative estimate of drug-likeness (QED) is 0.274. The Bertz CT molecular complexity index is 805. The maximum atomic E-state index is 12.8. The molecule has 0 heterocycles. The van der Waals surface area contributed by atoms with E-state index in [4.69, 9.17) is 14.2 Å². The second-order valence-electron chi connectivity index (χ2n) is 5.36. The van der Waals surface area contributed by atoms with Crippen molar-refractivity contribution in [2.24, 2.45) is 0 Å². The van der Waals surface area contributed by atoms with Crippen LogP contribution in [0.25, 0.3) is 11.1 Å². The van der Waals surface area contributed by atoms with Gasteiger partial charge in [0.25, 0.3) is 0 Å². The van der Waals surface area contributed by atoms with E-state index < -0.39 is 17.7 Å². The summed E-state index contributed by atoms with van der Waals surface area (Å²) < 4.78 is 53.5. The highest BCUT2D eigenvalue weighted by molar-refractivity contribution is 9.24. The average molecular weight is 512 g/mol. The fourth-order valence-electron chi connectivity index (χ4n) is 2.38. The van der Waals surface area contributed by atoms with Crippen molar-refractivity contribution >= 4 is 37.8 Å². The second-order valence-corrected chi connectivity index (χ2v) is 8.42. The van der Waals surface area contributed by atoms with Gasteiger partial charge in [0.15, 0.2) is 6.79 Å². The molecule has 0 radical (unpaired) electrons. The Morgan fingerprint density at radius 3 is 2.22 bits per heavy atom. The molecule has 0 aliphatic heterocycles. The first kappa shape index (κ1) is 21.7. The third-order valence-electron chi connectivity index (χ3n) is 3.62. The van der Waals surface area contributed by atoms with E-state index in [0.29, 0.717) is 16.7 Å². The molecule has 0 aliphatic rings. The van der Waals surface area contributed by atoms with Crippen molar-refractivity contribution < 1.29 is 32.2 Å². The number of rotatable bonds is 6. The van der Waals surface area contributed by atoms with Gasteiger partial charge in [-0.1, -0.05) is 44.0 Å². The Hall–Kier alpha value is -1.58. The van der Waals surface area contributed by atoms with Gasteiger partial charge in [0.1, 0.15) is 11.3 Å². The summed E-state index contributed by atoms with van der Waals surface area (Å²) in [5.74, 6) is -0.483. The van der Waals surface area contributed by atoms with Gasteiger partial charge in [0.05, 0.1) is 16.4 Å². The summed E-state index contributed by atoms with van der Waals surface area (Å²) in [6, 6.07) is 7.80. The van der Waals surface area contributed by atoms with Gasteiger partial charge in [-0.25, -0.2) is 4.79 Å². The zero-order valence-electron chi connectivity index (χ0n) is 14.3. The molecule has 0 atom stereocenters. The van der Waals surface area contributed by atoms with Crippen molar-refractivity contribution in [3.05, 3.63) is 53.1 Å². The summed E-state index contributed by atoms with van der Waals surface area (Å²) >= 11 is 6.75. The SMILES string of the molecule is COCOc1cc(C(Br)Br)cc(-c2ccc(C(F)(F)F)cc2)c1C(=O)OC. The summed E-state index contributed by atoms with van der Waals surface area (Å²) in [5, 5.41) is 0. The summed E-state index contributed by atoms with van der Waals surface area (Å²) in [6.07, 6.45) is -4.45.